The molecule has 0 bridgehead atoms. The predicted molar refractivity (Wildman–Crippen MR) is 79.0 cm³/mol. The van der Waals surface area contributed by atoms with Crippen molar-refractivity contribution < 1.29 is 5.11 Å². The Morgan fingerprint density at radius 2 is 1.63 bits per heavy atom. The van der Waals surface area contributed by atoms with Crippen LogP contribution in [0.1, 0.15) is 0 Å². The summed E-state index contributed by atoms with van der Waals surface area (Å²) < 4.78 is 1.14. The van der Waals surface area contributed by atoms with Crippen LogP contribution in [0.25, 0.3) is 20.8 Å². The highest BCUT2D eigenvalue weighted by Crippen LogP contribution is 2.34. The molecular weight excluding hydrogens is 256 g/mol. The van der Waals surface area contributed by atoms with Gasteiger partial charge in [-0.15, -0.1) is 11.3 Å². The van der Waals surface area contributed by atoms with Crippen LogP contribution in [0, 0.1) is 0 Å². The van der Waals surface area contributed by atoms with Gasteiger partial charge in [0.1, 0.15) is 10.8 Å². The van der Waals surface area contributed by atoms with Crippen molar-refractivity contribution in [2.75, 3.05) is 0 Å². The van der Waals surface area contributed by atoms with E-state index in [1.54, 1.807) is 17.4 Å². The first kappa shape index (κ1) is 11.7. The number of nitrogens with zero attached hydrogens (tertiary/aromatic N) is 1. The fourth-order valence-corrected chi connectivity index (χ4v) is 2.64. The van der Waals surface area contributed by atoms with Crippen LogP contribution in [-0.2, 0) is 0 Å². The van der Waals surface area contributed by atoms with Crippen LogP contribution in [0.4, 0.5) is 0 Å². The van der Waals surface area contributed by atoms with Crippen LogP contribution in [0.2, 0.25) is 0 Å². The van der Waals surface area contributed by atoms with Crippen molar-refractivity contribution in [2.24, 2.45) is 0 Å². The van der Waals surface area contributed by atoms with Gasteiger partial charge in [0.25, 0.3) is 0 Å². The third-order valence-electron chi connectivity index (χ3n) is 2.60. The summed E-state index contributed by atoms with van der Waals surface area (Å²) in [5.74, 6) is 0.279. The molecule has 3 aromatic rings. The molecule has 0 saturated heterocycles. The zero-order chi connectivity index (χ0) is 13.1. The number of thiazole rings is 1. The molecule has 0 spiro atoms. The number of nitrogens with one attached hydrogen (secondary N) is 1. The van der Waals surface area contributed by atoms with Gasteiger partial charge in [0.15, 0.2) is 0 Å². The molecular formula is C15H12N2OS. The highest BCUT2D eigenvalue weighted by atomic mass is 32.1. The molecule has 0 amide bonds. The Hall–Kier alpha value is -2.33. The molecule has 0 radical (unpaired) electrons. The highest BCUT2D eigenvalue weighted by Gasteiger charge is 2.08. The van der Waals surface area contributed by atoms with Crippen molar-refractivity contribution in [3.63, 3.8) is 0 Å². The fraction of sp³-hybridized carbons (Fsp3) is 0. The number of rotatable bonds is 1. The molecule has 0 fully saturated rings. The molecule has 4 rings (SSSR count). The Balaban J connectivity index is 0.000000325. The molecule has 2 N–H and O–H groups in total. The van der Waals surface area contributed by atoms with Gasteiger partial charge in [0.2, 0.25) is 0 Å². The second-order valence-corrected chi connectivity index (χ2v) is 5.03. The van der Waals surface area contributed by atoms with Crippen LogP contribution in [0.3, 0.4) is 0 Å². The Labute approximate surface area is 114 Å². The number of benzene rings is 2. The lowest BCUT2D eigenvalue weighted by Gasteiger charge is -1.98. The normalized spacial score (nSPS) is 11.6. The van der Waals surface area contributed by atoms with Crippen LogP contribution in [-0.4, -0.2) is 10.1 Å². The van der Waals surface area contributed by atoms with E-state index in [0.717, 1.165) is 20.8 Å². The first-order valence-corrected chi connectivity index (χ1v) is 6.71. The minimum absolute atomic E-state index is 0.279. The second kappa shape index (κ2) is 5.12. The molecule has 1 aliphatic heterocycles. The summed E-state index contributed by atoms with van der Waals surface area (Å²) in [7, 11) is 0. The lowest BCUT2D eigenvalue weighted by Crippen LogP contribution is -1.76. The summed E-state index contributed by atoms with van der Waals surface area (Å²) in [4.78, 5) is 4.50. The van der Waals surface area contributed by atoms with Gasteiger partial charge in [-0.2, -0.15) is 0 Å². The fourth-order valence-electron chi connectivity index (χ4n) is 1.64. The molecule has 94 valence electrons. The van der Waals surface area contributed by atoms with Crippen LogP contribution in [0.15, 0.2) is 60.9 Å². The number of aromatic nitrogens is 1. The Morgan fingerprint density at radius 3 is 2.32 bits per heavy atom. The van der Waals surface area contributed by atoms with E-state index in [4.69, 9.17) is 0 Å². The van der Waals surface area contributed by atoms with Crippen molar-refractivity contribution in [3.05, 3.63) is 60.9 Å². The molecule has 0 atom stereocenters. The lowest BCUT2D eigenvalue weighted by molar-refractivity contribution is 0.477. The number of para-hydroxylation sites is 2. The van der Waals surface area contributed by atoms with Crippen molar-refractivity contribution in [1.29, 1.82) is 0 Å². The summed E-state index contributed by atoms with van der Waals surface area (Å²) in [5.41, 5.74) is 1.77. The number of phenolic OH excluding ortho intramolecular Hbond substituents is 1. The quantitative estimate of drug-likeness (QED) is 0.707. The average molecular weight is 268 g/mol. The van der Waals surface area contributed by atoms with E-state index in [1.165, 1.54) is 0 Å². The van der Waals surface area contributed by atoms with Gasteiger partial charge < -0.3 is 10.4 Å². The maximum Gasteiger partial charge on any atom is 0.128 e. The van der Waals surface area contributed by atoms with Crippen LogP contribution in [0.5, 0.6) is 5.75 Å². The zero-order valence-electron chi connectivity index (χ0n) is 10.1. The Morgan fingerprint density at radius 1 is 0.947 bits per heavy atom. The number of hydrogen-bond acceptors (Lipinski definition) is 4. The Bertz CT molecular complexity index is 697. The maximum atomic E-state index is 9.76. The molecule has 1 aliphatic rings. The van der Waals surface area contributed by atoms with Gasteiger partial charge in [0, 0.05) is 12.4 Å². The van der Waals surface area contributed by atoms with E-state index in [0.29, 0.717) is 0 Å². The van der Waals surface area contributed by atoms with Gasteiger partial charge in [-0.05, 0) is 24.3 Å². The first-order valence-electron chi connectivity index (χ1n) is 5.89. The standard InChI is InChI=1S/C13H9NOS.C2H3N/c15-11-7-3-1-5-9(11)13-14-10-6-2-4-8-12(10)16-13;1-2-3-1/h1-8,15H;1-3H. The number of phenols is 1. The monoisotopic (exact) mass is 268 g/mol. The molecule has 1 aromatic heterocycles. The maximum absolute atomic E-state index is 9.76. The number of aromatic hydroxyl groups is 1. The van der Waals surface area contributed by atoms with Crippen molar-refractivity contribution in [1.82, 2.24) is 10.3 Å². The molecule has 19 heavy (non-hydrogen) atoms. The van der Waals surface area contributed by atoms with E-state index in [9.17, 15) is 5.11 Å². The minimum atomic E-state index is 0.279. The smallest absolute Gasteiger partial charge is 0.128 e. The number of hydrogen-bond donors (Lipinski definition) is 2. The SMILES string of the molecule is C1=CN1.Oc1ccccc1-c1nc2ccccc2s1. The summed E-state index contributed by atoms with van der Waals surface area (Å²) >= 11 is 1.59. The van der Waals surface area contributed by atoms with E-state index in [-0.39, 0.29) is 5.75 Å². The average Bonchev–Trinajstić information content (AvgIpc) is 3.25. The third kappa shape index (κ3) is 2.74. The van der Waals surface area contributed by atoms with Crippen molar-refractivity contribution in [3.8, 4) is 16.3 Å². The molecule has 0 saturated carbocycles. The Kier molecular flexibility index (Phi) is 3.16. The molecule has 0 aliphatic carbocycles. The molecule has 2 heterocycles. The first-order chi connectivity index (χ1) is 9.34. The van der Waals surface area contributed by atoms with E-state index < -0.39 is 0 Å². The summed E-state index contributed by atoms with van der Waals surface area (Å²) in [6, 6.07) is 15.3. The number of fused-ring (bicyclic) bond motifs is 1. The van der Waals surface area contributed by atoms with Crippen molar-refractivity contribution in [2.45, 2.75) is 0 Å². The van der Waals surface area contributed by atoms with Gasteiger partial charge in [0.05, 0.1) is 15.8 Å². The van der Waals surface area contributed by atoms with E-state index in [1.807, 2.05) is 54.9 Å². The second-order valence-electron chi connectivity index (χ2n) is 4.00. The highest BCUT2D eigenvalue weighted by molar-refractivity contribution is 7.21. The summed E-state index contributed by atoms with van der Waals surface area (Å²) in [6.45, 7) is 0. The summed E-state index contributed by atoms with van der Waals surface area (Å²) in [6.07, 6.45) is 3.75. The largest absolute Gasteiger partial charge is 0.507 e. The zero-order valence-corrected chi connectivity index (χ0v) is 10.9. The molecule has 0 unspecified atom stereocenters. The van der Waals surface area contributed by atoms with Gasteiger partial charge in [-0.1, -0.05) is 24.3 Å². The van der Waals surface area contributed by atoms with Crippen molar-refractivity contribution >= 4 is 21.6 Å². The summed E-state index contributed by atoms with van der Waals surface area (Å²) in [5, 5.41) is 13.4. The van der Waals surface area contributed by atoms with Crippen LogP contribution >= 0.6 is 11.3 Å². The molecule has 4 heteroatoms. The molecule has 3 nitrogen and oxygen atoms in total. The predicted octanol–water partition coefficient (Wildman–Crippen LogP) is 3.73. The topological polar surface area (TPSA) is 55.1 Å². The van der Waals surface area contributed by atoms with Gasteiger partial charge in [-0.25, -0.2) is 4.98 Å². The van der Waals surface area contributed by atoms with Crippen LogP contribution < -0.4 is 5.32 Å². The third-order valence-corrected chi connectivity index (χ3v) is 3.66. The van der Waals surface area contributed by atoms with E-state index >= 15 is 0 Å². The van der Waals surface area contributed by atoms with Gasteiger partial charge >= 0.3 is 0 Å². The molecule has 2 aromatic carbocycles. The van der Waals surface area contributed by atoms with Gasteiger partial charge in [-0.3, -0.25) is 0 Å². The van der Waals surface area contributed by atoms with E-state index in [2.05, 4.69) is 10.3 Å². The lowest BCUT2D eigenvalue weighted by atomic mass is 10.2. The minimum Gasteiger partial charge on any atom is -0.507 e.